The second-order valence-electron chi connectivity index (χ2n) is 5.37. The Morgan fingerprint density at radius 1 is 1.22 bits per heavy atom. The molecule has 0 bridgehead atoms. The molecule has 0 heterocycles. The van der Waals surface area contributed by atoms with Crippen LogP contribution in [0.5, 0.6) is 0 Å². The fourth-order valence-electron chi connectivity index (χ4n) is 2.78. The molecular weight excluding hydrogens is 226 g/mol. The average molecular weight is 247 g/mol. The molecule has 1 saturated carbocycles. The summed E-state index contributed by atoms with van der Waals surface area (Å²) >= 11 is 0. The van der Waals surface area contributed by atoms with E-state index in [4.69, 9.17) is 0 Å². The molecule has 1 aliphatic carbocycles. The monoisotopic (exact) mass is 247 g/mol. The van der Waals surface area contributed by atoms with Crippen molar-refractivity contribution in [2.24, 2.45) is 11.8 Å². The van der Waals surface area contributed by atoms with Crippen molar-refractivity contribution >= 4 is 5.78 Å². The standard InChI is InChI=1S/C15H21NO2/c1-9(2)13(16-3)15(18)12-11(14(12)17)10-7-5-4-6-8-10/h4-9,11-13,15-16,18H,1-3H3. The molecular formula is C15H21NO2. The summed E-state index contributed by atoms with van der Waals surface area (Å²) < 4.78 is 0. The number of hydrogen-bond acceptors (Lipinski definition) is 3. The predicted molar refractivity (Wildman–Crippen MR) is 71.4 cm³/mol. The summed E-state index contributed by atoms with van der Waals surface area (Å²) in [5.41, 5.74) is 1.02. The molecule has 1 fully saturated rings. The lowest BCUT2D eigenvalue weighted by molar-refractivity contribution is -0.112. The van der Waals surface area contributed by atoms with E-state index < -0.39 is 6.10 Å². The van der Waals surface area contributed by atoms with Gasteiger partial charge in [0.2, 0.25) is 0 Å². The third-order valence-electron chi connectivity index (χ3n) is 3.83. The van der Waals surface area contributed by atoms with Gasteiger partial charge in [-0.3, -0.25) is 4.79 Å². The Morgan fingerprint density at radius 2 is 1.83 bits per heavy atom. The van der Waals surface area contributed by atoms with Crippen LogP contribution >= 0.6 is 0 Å². The first-order chi connectivity index (χ1) is 8.57. The summed E-state index contributed by atoms with van der Waals surface area (Å²) in [6, 6.07) is 9.68. The zero-order chi connectivity index (χ0) is 13.3. The average Bonchev–Trinajstić information content (AvgIpc) is 3.02. The highest BCUT2D eigenvalue weighted by molar-refractivity contribution is 6.05. The lowest BCUT2D eigenvalue weighted by Crippen LogP contribution is -2.43. The minimum Gasteiger partial charge on any atom is -0.391 e. The first-order valence-electron chi connectivity index (χ1n) is 6.52. The van der Waals surface area contributed by atoms with Crippen molar-refractivity contribution in [1.82, 2.24) is 5.32 Å². The van der Waals surface area contributed by atoms with Crippen molar-refractivity contribution in [2.75, 3.05) is 7.05 Å². The van der Waals surface area contributed by atoms with Gasteiger partial charge in [-0.15, -0.1) is 0 Å². The van der Waals surface area contributed by atoms with E-state index in [2.05, 4.69) is 19.2 Å². The van der Waals surface area contributed by atoms with Crippen molar-refractivity contribution < 1.29 is 9.90 Å². The maximum atomic E-state index is 11.9. The molecule has 1 aromatic rings. The highest BCUT2D eigenvalue weighted by atomic mass is 16.3. The summed E-state index contributed by atoms with van der Waals surface area (Å²) in [6.45, 7) is 4.10. The second kappa shape index (κ2) is 5.21. The smallest absolute Gasteiger partial charge is 0.147 e. The summed E-state index contributed by atoms with van der Waals surface area (Å²) in [5.74, 6) is 0.104. The summed E-state index contributed by atoms with van der Waals surface area (Å²) in [6.07, 6.45) is -0.604. The maximum absolute atomic E-state index is 11.9. The van der Waals surface area contributed by atoms with Crippen LogP contribution in [0.15, 0.2) is 30.3 Å². The normalized spacial score (nSPS) is 26.2. The largest absolute Gasteiger partial charge is 0.391 e. The number of carbonyl (C=O) groups is 1. The van der Waals surface area contributed by atoms with E-state index in [9.17, 15) is 9.90 Å². The number of aliphatic hydroxyl groups is 1. The van der Waals surface area contributed by atoms with Crippen LogP contribution < -0.4 is 5.32 Å². The van der Waals surface area contributed by atoms with Crippen molar-refractivity contribution in [3.05, 3.63) is 35.9 Å². The molecule has 0 radical (unpaired) electrons. The molecule has 3 heteroatoms. The molecule has 98 valence electrons. The van der Waals surface area contributed by atoms with Gasteiger partial charge in [-0.2, -0.15) is 0 Å². The summed E-state index contributed by atoms with van der Waals surface area (Å²) in [4.78, 5) is 11.9. The molecule has 4 atom stereocenters. The van der Waals surface area contributed by atoms with Gasteiger partial charge in [0.05, 0.1) is 17.9 Å². The van der Waals surface area contributed by atoms with Crippen molar-refractivity contribution in [1.29, 1.82) is 0 Å². The van der Waals surface area contributed by atoms with Crippen LogP contribution in [0.25, 0.3) is 0 Å². The predicted octanol–water partition coefficient (Wildman–Crippen LogP) is 1.57. The van der Waals surface area contributed by atoms with Crippen LogP contribution in [0.1, 0.15) is 25.3 Å². The van der Waals surface area contributed by atoms with Gasteiger partial charge in [0.1, 0.15) is 5.78 Å². The molecule has 18 heavy (non-hydrogen) atoms. The van der Waals surface area contributed by atoms with Crippen molar-refractivity contribution in [2.45, 2.75) is 31.9 Å². The molecule has 4 unspecified atom stereocenters. The second-order valence-corrected chi connectivity index (χ2v) is 5.37. The Kier molecular flexibility index (Phi) is 3.83. The lowest BCUT2D eigenvalue weighted by Gasteiger charge is -2.25. The Morgan fingerprint density at radius 3 is 2.33 bits per heavy atom. The first kappa shape index (κ1) is 13.2. The summed E-state index contributed by atoms with van der Waals surface area (Å²) in [5, 5.41) is 13.5. The highest BCUT2D eigenvalue weighted by Crippen LogP contribution is 2.46. The fraction of sp³-hybridized carbons (Fsp3) is 0.533. The van der Waals surface area contributed by atoms with E-state index >= 15 is 0 Å². The Hall–Kier alpha value is -1.19. The molecule has 0 spiro atoms. The van der Waals surface area contributed by atoms with E-state index in [1.807, 2.05) is 37.4 Å². The van der Waals surface area contributed by atoms with Gasteiger partial charge in [0.25, 0.3) is 0 Å². The van der Waals surface area contributed by atoms with Gasteiger partial charge in [-0.05, 0) is 18.5 Å². The number of carbonyl (C=O) groups excluding carboxylic acids is 1. The van der Waals surface area contributed by atoms with Crippen LogP contribution in [0.4, 0.5) is 0 Å². The summed E-state index contributed by atoms with van der Waals surface area (Å²) in [7, 11) is 1.83. The minimum atomic E-state index is -0.604. The number of nitrogens with one attached hydrogen (secondary N) is 1. The van der Waals surface area contributed by atoms with Gasteiger partial charge < -0.3 is 10.4 Å². The number of rotatable bonds is 5. The molecule has 0 aliphatic heterocycles. The zero-order valence-electron chi connectivity index (χ0n) is 11.1. The first-order valence-corrected chi connectivity index (χ1v) is 6.52. The van der Waals surface area contributed by atoms with Gasteiger partial charge >= 0.3 is 0 Å². The number of aliphatic hydroxyl groups excluding tert-OH is 1. The highest BCUT2D eigenvalue weighted by Gasteiger charge is 2.55. The zero-order valence-corrected chi connectivity index (χ0v) is 11.1. The Balaban J connectivity index is 2.10. The quantitative estimate of drug-likeness (QED) is 0.830. The molecule has 1 aliphatic rings. The molecule has 2 rings (SSSR count). The third-order valence-corrected chi connectivity index (χ3v) is 3.83. The molecule has 1 aromatic carbocycles. The van der Waals surface area contributed by atoms with Gasteiger partial charge in [0, 0.05) is 6.04 Å². The molecule has 0 aromatic heterocycles. The van der Waals surface area contributed by atoms with Crippen LogP contribution in [-0.2, 0) is 4.79 Å². The van der Waals surface area contributed by atoms with Crippen LogP contribution in [0.3, 0.4) is 0 Å². The number of Topliss-reactive ketones (excluding diaryl/α,β-unsaturated/α-hetero) is 1. The van der Waals surface area contributed by atoms with Crippen LogP contribution in [-0.4, -0.2) is 30.1 Å². The number of likely N-dealkylation sites (N-methyl/N-ethyl adjacent to an activating group) is 1. The maximum Gasteiger partial charge on any atom is 0.147 e. The third kappa shape index (κ3) is 2.33. The van der Waals surface area contributed by atoms with Gasteiger partial charge in [-0.25, -0.2) is 0 Å². The molecule has 3 nitrogen and oxygen atoms in total. The van der Waals surface area contributed by atoms with Crippen molar-refractivity contribution in [3.63, 3.8) is 0 Å². The van der Waals surface area contributed by atoms with E-state index in [1.165, 1.54) is 0 Å². The minimum absolute atomic E-state index is 0.0346. The van der Waals surface area contributed by atoms with Crippen LogP contribution in [0, 0.1) is 11.8 Å². The number of ketones is 1. The number of hydrogen-bond donors (Lipinski definition) is 2. The number of benzene rings is 1. The van der Waals surface area contributed by atoms with Gasteiger partial charge in [-0.1, -0.05) is 44.2 Å². The molecule has 0 amide bonds. The Labute approximate surface area is 108 Å². The van der Waals surface area contributed by atoms with E-state index in [-0.39, 0.29) is 23.7 Å². The van der Waals surface area contributed by atoms with Crippen LogP contribution in [0.2, 0.25) is 0 Å². The van der Waals surface area contributed by atoms with Gasteiger partial charge in [0.15, 0.2) is 0 Å². The van der Waals surface area contributed by atoms with Crippen molar-refractivity contribution in [3.8, 4) is 0 Å². The molecule has 0 saturated heterocycles. The van der Waals surface area contributed by atoms with E-state index in [0.29, 0.717) is 5.92 Å². The topological polar surface area (TPSA) is 49.3 Å². The Bertz CT molecular complexity index is 416. The fourth-order valence-corrected chi connectivity index (χ4v) is 2.78. The van der Waals surface area contributed by atoms with E-state index in [1.54, 1.807) is 0 Å². The molecule has 2 N–H and O–H groups in total. The SMILES string of the molecule is CNC(C(C)C)C(O)C1C(=O)C1c1ccccc1. The van der Waals surface area contributed by atoms with E-state index in [0.717, 1.165) is 5.56 Å². The lowest BCUT2D eigenvalue weighted by atomic mass is 9.94.